The number of benzene rings is 1. The van der Waals surface area contributed by atoms with Gasteiger partial charge in [-0.25, -0.2) is 0 Å². The van der Waals surface area contributed by atoms with Crippen LogP contribution >= 0.6 is 22.6 Å². The summed E-state index contributed by atoms with van der Waals surface area (Å²) >= 11 is 2.21. The monoisotopic (exact) mass is 260 g/mol. The smallest absolute Gasteiger partial charge is 0.122 e. The van der Waals surface area contributed by atoms with E-state index in [4.69, 9.17) is 11.1 Å². The quantitative estimate of drug-likeness (QED) is 0.452. The highest BCUT2D eigenvalue weighted by atomic mass is 127. The van der Waals surface area contributed by atoms with Crippen LogP contribution in [0.5, 0.6) is 0 Å². The Balaban J connectivity index is 3.19. The van der Waals surface area contributed by atoms with Gasteiger partial charge in [0, 0.05) is 9.13 Å². The van der Waals surface area contributed by atoms with E-state index in [-0.39, 0.29) is 5.84 Å². The van der Waals surface area contributed by atoms with Gasteiger partial charge in [0.1, 0.15) is 5.84 Å². The number of rotatable bonds is 1. The lowest BCUT2D eigenvalue weighted by Gasteiger charge is -2.00. The number of nitrogens with two attached hydrogens (primary N) is 1. The second kappa shape index (κ2) is 3.21. The van der Waals surface area contributed by atoms with Gasteiger partial charge >= 0.3 is 0 Å². The van der Waals surface area contributed by atoms with E-state index in [2.05, 4.69) is 22.6 Å². The highest BCUT2D eigenvalue weighted by molar-refractivity contribution is 14.1. The second-order valence-corrected chi connectivity index (χ2v) is 3.68. The third-order valence-corrected chi connectivity index (χ3v) is 1.98. The van der Waals surface area contributed by atoms with Gasteiger partial charge < -0.3 is 5.73 Å². The summed E-state index contributed by atoms with van der Waals surface area (Å²) in [5, 5.41) is 7.20. The molecule has 3 N–H and O–H groups in total. The molecular formula is C8H9IN2. The predicted octanol–water partition coefficient (Wildman–Crippen LogP) is 1.88. The SMILES string of the molecule is Cc1cc(I)cc(C(=N)N)c1. The summed E-state index contributed by atoms with van der Waals surface area (Å²) in [7, 11) is 0. The number of hydrogen-bond donors (Lipinski definition) is 2. The van der Waals surface area contributed by atoms with Crippen molar-refractivity contribution in [3.05, 3.63) is 32.9 Å². The minimum absolute atomic E-state index is 0.131. The highest BCUT2D eigenvalue weighted by Gasteiger charge is 1.97. The summed E-state index contributed by atoms with van der Waals surface area (Å²) in [6.45, 7) is 1.99. The zero-order valence-electron chi connectivity index (χ0n) is 6.19. The van der Waals surface area contributed by atoms with Gasteiger partial charge in [-0.05, 0) is 53.3 Å². The Hall–Kier alpha value is -0.580. The fourth-order valence-corrected chi connectivity index (χ4v) is 1.72. The summed E-state index contributed by atoms with van der Waals surface area (Å²) in [6.07, 6.45) is 0. The van der Waals surface area contributed by atoms with E-state index >= 15 is 0 Å². The molecule has 1 aromatic carbocycles. The lowest BCUT2D eigenvalue weighted by atomic mass is 10.1. The number of nitrogens with one attached hydrogen (secondary N) is 1. The first-order valence-corrected chi connectivity index (χ1v) is 4.29. The molecule has 11 heavy (non-hydrogen) atoms. The number of aryl methyl sites for hydroxylation is 1. The van der Waals surface area contributed by atoms with Gasteiger partial charge in [-0.2, -0.15) is 0 Å². The van der Waals surface area contributed by atoms with Gasteiger partial charge in [-0.3, -0.25) is 5.41 Å². The van der Waals surface area contributed by atoms with Crippen molar-refractivity contribution in [1.29, 1.82) is 5.41 Å². The molecule has 2 nitrogen and oxygen atoms in total. The molecule has 0 unspecified atom stereocenters. The molecule has 0 radical (unpaired) electrons. The Kier molecular flexibility index (Phi) is 2.49. The zero-order chi connectivity index (χ0) is 8.43. The van der Waals surface area contributed by atoms with E-state index in [1.165, 1.54) is 0 Å². The molecule has 0 heterocycles. The first kappa shape index (κ1) is 8.52. The molecule has 0 spiro atoms. The maximum atomic E-state index is 7.20. The van der Waals surface area contributed by atoms with Crippen LogP contribution in [0.25, 0.3) is 0 Å². The molecule has 58 valence electrons. The maximum absolute atomic E-state index is 7.20. The van der Waals surface area contributed by atoms with Crippen molar-refractivity contribution in [1.82, 2.24) is 0 Å². The lowest BCUT2D eigenvalue weighted by molar-refractivity contribution is 1.38. The summed E-state index contributed by atoms with van der Waals surface area (Å²) in [5.41, 5.74) is 7.27. The van der Waals surface area contributed by atoms with Crippen molar-refractivity contribution in [2.75, 3.05) is 0 Å². The average molecular weight is 260 g/mol. The van der Waals surface area contributed by atoms with Gasteiger partial charge in [-0.15, -0.1) is 0 Å². The van der Waals surface area contributed by atoms with Crippen molar-refractivity contribution in [2.24, 2.45) is 5.73 Å². The molecule has 1 rings (SSSR count). The Labute approximate surface area is 79.4 Å². The van der Waals surface area contributed by atoms with E-state index in [0.29, 0.717) is 0 Å². The van der Waals surface area contributed by atoms with Gasteiger partial charge in [0.2, 0.25) is 0 Å². The minimum Gasteiger partial charge on any atom is -0.384 e. The summed E-state index contributed by atoms with van der Waals surface area (Å²) in [5.74, 6) is 0.131. The van der Waals surface area contributed by atoms with Crippen LogP contribution in [0.2, 0.25) is 0 Å². The van der Waals surface area contributed by atoms with Gasteiger partial charge in [0.25, 0.3) is 0 Å². The predicted molar refractivity (Wildman–Crippen MR) is 54.9 cm³/mol. The number of hydrogen-bond acceptors (Lipinski definition) is 1. The zero-order valence-corrected chi connectivity index (χ0v) is 8.34. The topological polar surface area (TPSA) is 49.9 Å². The van der Waals surface area contributed by atoms with Crippen molar-refractivity contribution in [2.45, 2.75) is 6.92 Å². The molecule has 0 aliphatic carbocycles. The largest absolute Gasteiger partial charge is 0.384 e. The van der Waals surface area contributed by atoms with E-state index in [9.17, 15) is 0 Å². The second-order valence-electron chi connectivity index (χ2n) is 2.43. The van der Waals surface area contributed by atoms with Crippen molar-refractivity contribution >= 4 is 28.4 Å². The molecule has 0 fully saturated rings. The highest BCUT2D eigenvalue weighted by Crippen LogP contribution is 2.10. The van der Waals surface area contributed by atoms with Crippen molar-refractivity contribution in [3.8, 4) is 0 Å². The first-order chi connectivity index (χ1) is 5.09. The summed E-state index contributed by atoms with van der Waals surface area (Å²) < 4.78 is 1.12. The lowest BCUT2D eigenvalue weighted by Crippen LogP contribution is -2.11. The third kappa shape index (κ3) is 2.18. The van der Waals surface area contributed by atoms with Crippen LogP contribution < -0.4 is 5.73 Å². The van der Waals surface area contributed by atoms with Crippen LogP contribution in [0, 0.1) is 15.9 Å². The summed E-state index contributed by atoms with van der Waals surface area (Å²) in [6, 6.07) is 5.85. The fourth-order valence-electron chi connectivity index (χ4n) is 0.892. The Morgan fingerprint density at radius 1 is 1.45 bits per heavy atom. The molecule has 0 atom stereocenters. The molecule has 3 heteroatoms. The van der Waals surface area contributed by atoms with Crippen LogP contribution in [0.3, 0.4) is 0 Å². The van der Waals surface area contributed by atoms with E-state index in [0.717, 1.165) is 14.7 Å². The molecule has 0 aromatic heterocycles. The molecule has 1 aromatic rings. The Morgan fingerprint density at radius 3 is 2.55 bits per heavy atom. The average Bonchev–Trinajstić information content (AvgIpc) is 1.85. The molecule has 0 bridgehead atoms. The Morgan fingerprint density at radius 2 is 2.09 bits per heavy atom. The standard InChI is InChI=1S/C8H9IN2/c1-5-2-6(8(10)11)4-7(9)3-5/h2-4H,1H3,(H3,10,11). The van der Waals surface area contributed by atoms with Crippen LogP contribution in [-0.4, -0.2) is 5.84 Å². The van der Waals surface area contributed by atoms with Crippen molar-refractivity contribution in [3.63, 3.8) is 0 Å². The van der Waals surface area contributed by atoms with Crippen LogP contribution in [0.1, 0.15) is 11.1 Å². The van der Waals surface area contributed by atoms with E-state index in [1.54, 1.807) is 0 Å². The molecule has 0 amide bonds. The minimum atomic E-state index is 0.131. The van der Waals surface area contributed by atoms with Gasteiger partial charge in [0.05, 0.1) is 0 Å². The molecule has 0 saturated carbocycles. The third-order valence-electron chi connectivity index (χ3n) is 1.35. The number of nitrogen functional groups attached to an aromatic ring is 1. The maximum Gasteiger partial charge on any atom is 0.122 e. The van der Waals surface area contributed by atoms with Crippen LogP contribution in [0.15, 0.2) is 18.2 Å². The van der Waals surface area contributed by atoms with Crippen LogP contribution in [-0.2, 0) is 0 Å². The van der Waals surface area contributed by atoms with Crippen LogP contribution in [0.4, 0.5) is 0 Å². The number of amidine groups is 1. The molecule has 0 aliphatic heterocycles. The molecule has 0 aliphatic rings. The normalized spacial score (nSPS) is 9.64. The van der Waals surface area contributed by atoms with Crippen molar-refractivity contribution < 1.29 is 0 Å². The number of halogens is 1. The van der Waals surface area contributed by atoms with E-state index in [1.807, 2.05) is 25.1 Å². The first-order valence-electron chi connectivity index (χ1n) is 3.21. The van der Waals surface area contributed by atoms with Gasteiger partial charge in [-0.1, -0.05) is 0 Å². The molecular weight excluding hydrogens is 251 g/mol. The fraction of sp³-hybridized carbons (Fsp3) is 0.125. The Bertz CT molecular complexity index is 274. The van der Waals surface area contributed by atoms with Gasteiger partial charge in [0.15, 0.2) is 0 Å². The summed E-state index contributed by atoms with van der Waals surface area (Å²) in [4.78, 5) is 0. The molecule has 0 saturated heterocycles. The van der Waals surface area contributed by atoms with E-state index < -0.39 is 0 Å².